The Morgan fingerprint density at radius 2 is 2.05 bits per heavy atom. The first-order valence-electron chi connectivity index (χ1n) is 6.87. The minimum Gasteiger partial charge on any atom is -0.395 e. The van der Waals surface area contributed by atoms with Gasteiger partial charge < -0.3 is 15.7 Å². The molecule has 0 amide bonds. The highest BCUT2D eigenvalue weighted by Gasteiger charge is 2.20. The highest BCUT2D eigenvalue weighted by molar-refractivity contribution is 5.90. The van der Waals surface area contributed by atoms with Gasteiger partial charge in [0.2, 0.25) is 0 Å². The van der Waals surface area contributed by atoms with E-state index in [0.29, 0.717) is 5.82 Å². The maximum absolute atomic E-state index is 8.99. The summed E-state index contributed by atoms with van der Waals surface area (Å²) in [5.41, 5.74) is 6.80. The van der Waals surface area contributed by atoms with Gasteiger partial charge in [-0.3, -0.25) is 9.88 Å². The molecule has 3 N–H and O–H groups in total. The Morgan fingerprint density at radius 1 is 1.25 bits per heavy atom. The van der Waals surface area contributed by atoms with Crippen LogP contribution in [-0.2, 0) is 0 Å². The largest absolute Gasteiger partial charge is 0.395 e. The summed E-state index contributed by atoms with van der Waals surface area (Å²) < 4.78 is 0. The molecule has 0 atom stereocenters. The highest BCUT2D eigenvalue weighted by atomic mass is 16.3. The Balaban J connectivity index is 1.87. The number of aliphatic hydroxyl groups excluding tert-OH is 1. The van der Waals surface area contributed by atoms with Crippen molar-refractivity contribution in [1.29, 1.82) is 0 Å². The summed E-state index contributed by atoms with van der Waals surface area (Å²) >= 11 is 0. The second kappa shape index (κ2) is 5.60. The van der Waals surface area contributed by atoms with Crippen molar-refractivity contribution in [3.8, 4) is 0 Å². The molecule has 6 nitrogen and oxygen atoms in total. The summed E-state index contributed by atoms with van der Waals surface area (Å²) in [6.07, 6.45) is 1.78. The normalized spacial score (nSPS) is 16.8. The van der Waals surface area contributed by atoms with E-state index in [0.717, 1.165) is 49.4 Å². The molecule has 0 aliphatic carbocycles. The van der Waals surface area contributed by atoms with Gasteiger partial charge in [-0.25, -0.2) is 4.98 Å². The monoisotopic (exact) mass is 273 g/mol. The van der Waals surface area contributed by atoms with Gasteiger partial charge in [-0.05, 0) is 12.1 Å². The van der Waals surface area contributed by atoms with E-state index in [1.165, 1.54) is 0 Å². The van der Waals surface area contributed by atoms with E-state index in [1.807, 2.05) is 18.2 Å². The molecule has 2 aromatic heterocycles. The van der Waals surface area contributed by atoms with Crippen LogP contribution in [-0.4, -0.2) is 59.3 Å². The van der Waals surface area contributed by atoms with Crippen molar-refractivity contribution in [2.45, 2.75) is 0 Å². The van der Waals surface area contributed by atoms with Crippen LogP contribution in [0.15, 0.2) is 24.4 Å². The van der Waals surface area contributed by atoms with Crippen LogP contribution in [0.5, 0.6) is 0 Å². The quantitative estimate of drug-likeness (QED) is 0.839. The molecule has 1 aliphatic rings. The fourth-order valence-corrected chi connectivity index (χ4v) is 2.63. The molecule has 3 rings (SSSR count). The van der Waals surface area contributed by atoms with Gasteiger partial charge in [0.05, 0.1) is 6.61 Å². The van der Waals surface area contributed by atoms with Crippen molar-refractivity contribution in [2.24, 2.45) is 0 Å². The third kappa shape index (κ3) is 2.52. The summed E-state index contributed by atoms with van der Waals surface area (Å²) in [7, 11) is 0. The van der Waals surface area contributed by atoms with Crippen LogP contribution in [0.2, 0.25) is 0 Å². The average molecular weight is 273 g/mol. The van der Waals surface area contributed by atoms with Gasteiger partial charge in [0.15, 0.2) is 5.82 Å². The number of nitrogens with zero attached hydrogens (tertiary/aromatic N) is 4. The first-order valence-corrected chi connectivity index (χ1v) is 6.87. The Labute approximate surface area is 117 Å². The average Bonchev–Trinajstić information content (AvgIpc) is 2.47. The van der Waals surface area contributed by atoms with Gasteiger partial charge in [-0.2, -0.15) is 0 Å². The summed E-state index contributed by atoms with van der Waals surface area (Å²) in [6, 6.07) is 5.77. The van der Waals surface area contributed by atoms with Gasteiger partial charge in [-0.15, -0.1) is 0 Å². The predicted molar refractivity (Wildman–Crippen MR) is 79.7 cm³/mol. The summed E-state index contributed by atoms with van der Waals surface area (Å²) in [6.45, 7) is 4.54. The van der Waals surface area contributed by atoms with E-state index in [1.54, 1.807) is 6.20 Å². The molecular weight excluding hydrogens is 254 g/mol. The molecule has 6 heteroatoms. The second-order valence-corrected chi connectivity index (χ2v) is 5.00. The van der Waals surface area contributed by atoms with Crippen LogP contribution >= 0.6 is 0 Å². The lowest BCUT2D eigenvalue weighted by Gasteiger charge is -2.35. The number of pyridine rings is 2. The van der Waals surface area contributed by atoms with Gasteiger partial charge in [0, 0.05) is 44.3 Å². The van der Waals surface area contributed by atoms with Crippen LogP contribution < -0.4 is 10.6 Å². The van der Waals surface area contributed by atoms with Crippen LogP contribution in [0.4, 0.5) is 11.6 Å². The van der Waals surface area contributed by atoms with E-state index in [9.17, 15) is 0 Å². The van der Waals surface area contributed by atoms with E-state index < -0.39 is 0 Å². The van der Waals surface area contributed by atoms with E-state index >= 15 is 0 Å². The molecule has 0 bridgehead atoms. The van der Waals surface area contributed by atoms with E-state index in [-0.39, 0.29) is 6.61 Å². The third-order valence-corrected chi connectivity index (χ3v) is 3.68. The number of hydrogen-bond acceptors (Lipinski definition) is 6. The number of piperazine rings is 1. The number of anilines is 2. The van der Waals surface area contributed by atoms with Crippen molar-refractivity contribution in [3.63, 3.8) is 0 Å². The van der Waals surface area contributed by atoms with Crippen LogP contribution in [0.25, 0.3) is 10.9 Å². The standard InChI is InChI=1S/C14H19N5O/c15-12-10-11-2-1-3-16-13(11)14(17-12)19-6-4-18(5-7-19)8-9-20/h1-3,10,20H,4-9H2,(H2,15,17). The molecule has 3 heterocycles. The van der Waals surface area contributed by atoms with Gasteiger partial charge in [-0.1, -0.05) is 6.07 Å². The van der Waals surface area contributed by atoms with Crippen LogP contribution in [0.3, 0.4) is 0 Å². The van der Waals surface area contributed by atoms with Crippen molar-refractivity contribution in [1.82, 2.24) is 14.9 Å². The zero-order valence-electron chi connectivity index (χ0n) is 11.4. The number of β-amino-alcohol motifs (C(OH)–C–C–N with tert-alkyl or cyclic N) is 1. The second-order valence-electron chi connectivity index (χ2n) is 5.00. The zero-order chi connectivity index (χ0) is 13.9. The number of fused-ring (bicyclic) bond motifs is 1. The minimum atomic E-state index is 0.209. The van der Waals surface area contributed by atoms with Crippen molar-refractivity contribution in [2.75, 3.05) is 50.0 Å². The molecule has 20 heavy (non-hydrogen) atoms. The number of aliphatic hydroxyl groups is 1. The molecule has 0 aromatic carbocycles. The smallest absolute Gasteiger partial charge is 0.157 e. The molecular formula is C14H19N5O. The van der Waals surface area contributed by atoms with Crippen molar-refractivity contribution in [3.05, 3.63) is 24.4 Å². The molecule has 0 saturated carbocycles. The minimum absolute atomic E-state index is 0.209. The van der Waals surface area contributed by atoms with Gasteiger partial charge in [0.25, 0.3) is 0 Å². The fourth-order valence-electron chi connectivity index (χ4n) is 2.63. The van der Waals surface area contributed by atoms with E-state index in [4.69, 9.17) is 10.8 Å². The molecule has 1 fully saturated rings. The number of rotatable bonds is 3. The maximum Gasteiger partial charge on any atom is 0.157 e. The lowest BCUT2D eigenvalue weighted by atomic mass is 10.2. The number of nitrogen functional groups attached to an aromatic ring is 1. The lowest BCUT2D eigenvalue weighted by molar-refractivity contribution is 0.188. The Morgan fingerprint density at radius 3 is 2.80 bits per heavy atom. The topological polar surface area (TPSA) is 78.5 Å². The fraction of sp³-hybridized carbons (Fsp3) is 0.429. The molecule has 0 radical (unpaired) electrons. The number of nitrogens with two attached hydrogens (primary N) is 1. The maximum atomic E-state index is 8.99. The van der Waals surface area contributed by atoms with Crippen LogP contribution in [0, 0.1) is 0 Å². The first kappa shape index (κ1) is 13.1. The van der Waals surface area contributed by atoms with Gasteiger partial charge in [0.1, 0.15) is 11.3 Å². The molecule has 0 unspecified atom stereocenters. The summed E-state index contributed by atoms with van der Waals surface area (Å²) in [5, 5.41) is 10.0. The molecule has 1 aliphatic heterocycles. The Kier molecular flexibility index (Phi) is 3.66. The van der Waals surface area contributed by atoms with Crippen molar-refractivity contribution >= 4 is 22.5 Å². The molecule has 2 aromatic rings. The molecule has 106 valence electrons. The highest BCUT2D eigenvalue weighted by Crippen LogP contribution is 2.25. The van der Waals surface area contributed by atoms with Crippen molar-refractivity contribution < 1.29 is 5.11 Å². The number of aromatic nitrogens is 2. The Hall–Kier alpha value is -1.92. The Bertz CT molecular complexity index is 595. The molecule has 0 spiro atoms. The van der Waals surface area contributed by atoms with E-state index in [2.05, 4.69) is 19.8 Å². The number of hydrogen-bond donors (Lipinski definition) is 2. The third-order valence-electron chi connectivity index (χ3n) is 3.68. The first-order chi connectivity index (χ1) is 9.78. The molecule has 1 saturated heterocycles. The zero-order valence-corrected chi connectivity index (χ0v) is 11.4. The van der Waals surface area contributed by atoms with Crippen LogP contribution in [0.1, 0.15) is 0 Å². The SMILES string of the molecule is Nc1cc2cccnc2c(N2CCN(CCO)CC2)n1. The van der Waals surface area contributed by atoms with Gasteiger partial charge >= 0.3 is 0 Å². The summed E-state index contributed by atoms with van der Waals surface area (Å²) in [5.74, 6) is 1.39. The lowest BCUT2D eigenvalue weighted by Crippen LogP contribution is -2.47. The predicted octanol–water partition coefficient (Wildman–Crippen LogP) is 0.326. The summed E-state index contributed by atoms with van der Waals surface area (Å²) in [4.78, 5) is 13.4.